The largest absolute Gasteiger partial charge is 0.419 e. The highest BCUT2D eigenvalue weighted by Gasteiger charge is 2.11. The third-order valence-electron chi connectivity index (χ3n) is 1.88. The molecule has 0 aliphatic carbocycles. The van der Waals surface area contributed by atoms with Gasteiger partial charge in [-0.2, -0.15) is 5.26 Å². The van der Waals surface area contributed by atoms with E-state index < -0.39 is 5.82 Å². The number of ether oxygens (including phenoxy) is 1. The first-order valence-corrected chi connectivity index (χ1v) is 4.56. The molecule has 0 spiro atoms. The third kappa shape index (κ3) is 2.36. The number of nitriles is 1. The minimum atomic E-state index is -0.470. The quantitative estimate of drug-likeness (QED) is 0.721. The zero-order valence-corrected chi connectivity index (χ0v) is 8.38. The minimum absolute atomic E-state index is 0.0440. The maximum atomic E-state index is 12.8. The lowest BCUT2D eigenvalue weighted by Crippen LogP contribution is -1.99. The van der Waals surface area contributed by atoms with E-state index in [-0.39, 0.29) is 11.1 Å². The Morgan fingerprint density at radius 3 is 2.86 bits per heavy atom. The van der Waals surface area contributed by atoms with Crippen molar-refractivity contribution in [2.75, 3.05) is 0 Å². The SMILES string of the molecule is CC[C@@H](OC#N)c1ccc(F)c(Cl)c1. The van der Waals surface area contributed by atoms with Gasteiger partial charge in [0.05, 0.1) is 5.02 Å². The Morgan fingerprint density at radius 2 is 2.36 bits per heavy atom. The van der Waals surface area contributed by atoms with Crippen molar-refractivity contribution in [2.45, 2.75) is 19.4 Å². The van der Waals surface area contributed by atoms with Crippen molar-refractivity contribution in [3.8, 4) is 6.26 Å². The lowest BCUT2D eigenvalue weighted by Gasteiger charge is -2.11. The Hall–Kier alpha value is -1.27. The van der Waals surface area contributed by atoms with Gasteiger partial charge in [-0.25, -0.2) is 4.39 Å². The molecule has 2 nitrogen and oxygen atoms in total. The maximum absolute atomic E-state index is 12.8. The first kappa shape index (κ1) is 10.8. The predicted molar refractivity (Wildman–Crippen MR) is 51.1 cm³/mol. The van der Waals surface area contributed by atoms with Crippen LogP contribution in [0.4, 0.5) is 4.39 Å². The molecule has 0 saturated carbocycles. The number of benzene rings is 1. The van der Waals surface area contributed by atoms with E-state index in [1.165, 1.54) is 12.1 Å². The van der Waals surface area contributed by atoms with E-state index in [2.05, 4.69) is 0 Å². The van der Waals surface area contributed by atoms with Gasteiger partial charge in [-0.3, -0.25) is 0 Å². The second-order valence-electron chi connectivity index (χ2n) is 2.78. The summed E-state index contributed by atoms with van der Waals surface area (Å²) in [6.07, 6.45) is 1.90. The Kier molecular flexibility index (Phi) is 3.73. The molecule has 0 aromatic heterocycles. The van der Waals surface area contributed by atoms with Gasteiger partial charge in [-0.15, -0.1) is 0 Å². The third-order valence-corrected chi connectivity index (χ3v) is 2.17. The summed E-state index contributed by atoms with van der Waals surface area (Å²) in [5, 5.41) is 8.42. The molecule has 0 aliphatic rings. The van der Waals surface area contributed by atoms with Crippen LogP contribution in [-0.2, 0) is 4.74 Å². The molecule has 0 heterocycles. The number of rotatable bonds is 3. The fourth-order valence-corrected chi connectivity index (χ4v) is 1.35. The second-order valence-corrected chi connectivity index (χ2v) is 3.19. The van der Waals surface area contributed by atoms with Crippen LogP contribution in [-0.4, -0.2) is 0 Å². The molecule has 0 aliphatic heterocycles. The van der Waals surface area contributed by atoms with Crippen molar-refractivity contribution in [1.82, 2.24) is 0 Å². The van der Waals surface area contributed by atoms with Gasteiger partial charge in [0.15, 0.2) is 0 Å². The molecule has 0 bridgehead atoms. The van der Waals surface area contributed by atoms with Crippen LogP contribution in [0.5, 0.6) is 0 Å². The first-order valence-electron chi connectivity index (χ1n) is 4.18. The Bertz CT molecular complexity index is 362. The maximum Gasteiger partial charge on any atom is 0.286 e. The molecule has 0 saturated heterocycles. The van der Waals surface area contributed by atoms with Crippen molar-refractivity contribution < 1.29 is 9.13 Å². The summed E-state index contributed by atoms with van der Waals surface area (Å²) in [4.78, 5) is 0. The molecule has 0 fully saturated rings. The highest BCUT2D eigenvalue weighted by atomic mass is 35.5. The highest BCUT2D eigenvalue weighted by molar-refractivity contribution is 6.30. The summed E-state index contributed by atoms with van der Waals surface area (Å²) >= 11 is 5.60. The summed E-state index contributed by atoms with van der Waals surface area (Å²) < 4.78 is 17.6. The van der Waals surface area contributed by atoms with Gasteiger partial charge in [0.25, 0.3) is 6.26 Å². The molecule has 0 radical (unpaired) electrons. The van der Waals surface area contributed by atoms with Gasteiger partial charge in [-0.1, -0.05) is 24.6 Å². The van der Waals surface area contributed by atoms with E-state index in [1.807, 2.05) is 6.92 Å². The molecular weight excluding hydrogens is 205 g/mol. The van der Waals surface area contributed by atoms with Gasteiger partial charge in [0.2, 0.25) is 0 Å². The van der Waals surface area contributed by atoms with Gasteiger partial charge < -0.3 is 4.74 Å². The monoisotopic (exact) mass is 213 g/mol. The van der Waals surface area contributed by atoms with Crippen molar-refractivity contribution in [3.05, 3.63) is 34.6 Å². The van der Waals surface area contributed by atoms with E-state index in [1.54, 1.807) is 12.3 Å². The lowest BCUT2D eigenvalue weighted by molar-refractivity contribution is 0.159. The van der Waals surface area contributed by atoms with E-state index >= 15 is 0 Å². The summed E-state index contributed by atoms with van der Waals surface area (Å²) in [7, 11) is 0. The number of hydrogen-bond acceptors (Lipinski definition) is 2. The Balaban J connectivity index is 2.95. The smallest absolute Gasteiger partial charge is 0.286 e. The molecule has 1 aromatic rings. The molecule has 1 aromatic carbocycles. The van der Waals surface area contributed by atoms with Crippen LogP contribution in [0.2, 0.25) is 5.02 Å². The summed E-state index contributed by atoms with van der Waals surface area (Å²) in [5.74, 6) is -0.470. The fourth-order valence-electron chi connectivity index (χ4n) is 1.16. The van der Waals surface area contributed by atoms with Crippen molar-refractivity contribution in [2.24, 2.45) is 0 Å². The molecule has 0 unspecified atom stereocenters. The molecule has 0 N–H and O–H groups in total. The van der Waals surface area contributed by atoms with Crippen molar-refractivity contribution >= 4 is 11.6 Å². The van der Waals surface area contributed by atoms with Crippen molar-refractivity contribution in [1.29, 1.82) is 5.26 Å². The second kappa shape index (κ2) is 4.83. The average molecular weight is 214 g/mol. The van der Waals surface area contributed by atoms with Crippen molar-refractivity contribution in [3.63, 3.8) is 0 Å². The zero-order chi connectivity index (χ0) is 10.6. The lowest BCUT2D eigenvalue weighted by atomic mass is 10.1. The van der Waals surface area contributed by atoms with Gasteiger partial charge in [0, 0.05) is 0 Å². The number of nitrogens with zero attached hydrogens (tertiary/aromatic N) is 1. The fraction of sp³-hybridized carbons (Fsp3) is 0.300. The Labute approximate surface area is 86.9 Å². The summed E-state index contributed by atoms with van der Waals surface area (Å²) in [6.45, 7) is 1.87. The predicted octanol–water partition coefficient (Wildman–Crippen LogP) is 3.43. The first-order chi connectivity index (χ1) is 6.69. The normalized spacial score (nSPS) is 11.9. The minimum Gasteiger partial charge on any atom is -0.419 e. The molecule has 14 heavy (non-hydrogen) atoms. The molecule has 0 amide bonds. The number of halogens is 2. The van der Waals surface area contributed by atoms with Crippen LogP contribution in [0.1, 0.15) is 25.0 Å². The van der Waals surface area contributed by atoms with Crippen LogP contribution >= 0.6 is 11.6 Å². The topological polar surface area (TPSA) is 33.0 Å². The van der Waals surface area contributed by atoms with Gasteiger partial charge >= 0.3 is 0 Å². The van der Waals surface area contributed by atoms with E-state index in [4.69, 9.17) is 21.6 Å². The molecule has 4 heteroatoms. The average Bonchev–Trinajstić information content (AvgIpc) is 2.19. The van der Waals surface area contributed by atoms with Crippen LogP contribution in [0.15, 0.2) is 18.2 Å². The van der Waals surface area contributed by atoms with Crippen LogP contribution in [0.3, 0.4) is 0 Å². The van der Waals surface area contributed by atoms with E-state index in [0.29, 0.717) is 12.0 Å². The summed E-state index contributed by atoms with van der Waals surface area (Å²) in [5.41, 5.74) is 0.709. The van der Waals surface area contributed by atoms with Crippen LogP contribution < -0.4 is 0 Å². The summed E-state index contributed by atoms with van der Waals surface area (Å²) in [6, 6.07) is 4.30. The zero-order valence-electron chi connectivity index (χ0n) is 7.63. The highest BCUT2D eigenvalue weighted by Crippen LogP contribution is 2.25. The van der Waals surface area contributed by atoms with E-state index in [9.17, 15) is 4.39 Å². The molecule has 1 rings (SSSR count). The standard InChI is InChI=1S/C10H9ClFNO/c1-2-10(14-6-13)7-3-4-9(12)8(11)5-7/h3-5,10H,2H2,1H3/t10-/m1/s1. The van der Waals surface area contributed by atoms with Gasteiger partial charge in [0.1, 0.15) is 11.9 Å². The van der Waals surface area contributed by atoms with E-state index in [0.717, 1.165) is 0 Å². The molecule has 1 atom stereocenters. The number of hydrogen-bond donors (Lipinski definition) is 0. The molecule has 74 valence electrons. The molecular formula is C10H9ClFNO. The van der Waals surface area contributed by atoms with Crippen LogP contribution in [0.25, 0.3) is 0 Å². The van der Waals surface area contributed by atoms with Gasteiger partial charge in [-0.05, 0) is 24.1 Å². The van der Waals surface area contributed by atoms with Crippen LogP contribution in [0, 0.1) is 17.3 Å². The Morgan fingerprint density at radius 1 is 1.64 bits per heavy atom.